The van der Waals surface area contributed by atoms with Gasteiger partial charge in [-0.25, -0.2) is 14.6 Å². The fourth-order valence-electron chi connectivity index (χ4n) is 2.35. The van der Waals surface area contributed by atoms with Gasteiger partial charge in [-0.2, -0.15) is 0 Å². The number of urea groups is 1. The van der Waals surface area contributed by atoms with Crippen molar-refractivity contribution in [3.8, 4) is 0 Å². The van der Waals surface area contributed by atoms with E-state index < -0.39 is 18.0 Å². The molecule has 1 atom stereocenters. The minimum Gasteiger partial charge on any atom is -0.480 e. The predicted octanol–water partition coefficient (Wildman–Crippen LogP) is -0.201. The Labute approximate surface area is 122 Å². The average Bonchev–Trinajstić information content (AvgIpc) is 2.93. The molecule has 0 bridgehead atoms. The zero-order valence-electron chi connectivity index (χ0n) is 12.0. The Balaban J connectivity index is 1.82. The van der Waals surface area contributed by atoms with E-state index in [4.69, 9.17) is 0 Å². The van der Waals surface area contributed by atoms with Crippen LogP contribution in [0.2, 0.25) is 0 Å². The lowest BCUT2D eigenvalue weighted by atomic mass is 10.1. The zero-order valence-corrected chi connectivity index (χ0v) is 12.0. The van der Waals surface area contributed by atoms with Crippen LogP contribution in [0.4, 0.5) is 4.79 Å². The number of hydrogen-bond acceptors (Lipinski definition) is 4. The third-order valence-corrected chi connectivity index (χ3v) is 3.64. The minimum absolute atomic E-state index is 0.0998. The molecule has 1 aromatic rings. The molecule has 8 heteroatoms. The Kier molecular flexibility index (Phi) is 5.15. The summed E-state index contributed by atoms with van der Waals surface area (Å²) in [6.07, 6.45) is 4.96. The first-order valence-corrected chi connectivity index (χ1v) is 7.00. The topological polar surface area (TPSA) is 110 Å². The molecule has 1 fully saturated rings. The summed E-state index contributed by atoms with van der Waals surface area (Å²) in [6.45, 7) is 1.86. The summed E-state index contributed by atoms with van der Waals surface area (Å²) >= 11 is 0. The number of imidazole rings is 1. The second-order valence-electron chi connectivity index (χ2n) is 5.37. The molecule has 0 aromatic carbocycles. The predicted molar refractivity (Wildman–Crippen MR) is 75.9 cm³/mol. The molecular weight excluding hydrogens is 274 g/mol. The van der Waals surface area contributed by atoms with E-state index in [9.17, 15) is 14.7 Å². The second kappa shape index (κ2) is 7.07. The Hall–Kier alpha value is -2.09. The van der Waals surface area contributed by atoms with Gasteiger partial charge in [-0.3, -0.25) is 0 Å². The van der Waals surface area contributed by atoms with Crippen LogP contribution < -0.4 is 10.6 Å². The molecule has 2 amide bonds. The minimum atomic E-state index is -1.07. The van der Waals surface area contributed by atoms with E-state index in [2.05, 4.69) is 25.5 Å². The van der Waals surface area contributed by atoms with Gasteiger partial charge in [0.1, 0.15) is 6.04 Å². The van der Waals surface area contributed by atoms with Crippen LogP contribution in [0.25, 0.3) is 0 Å². The van der Waals surface area contributed by atoms with E-state index in [-0.39, 0.29) is 12.5 Å². The van der Waals surface area contributed by atoms with Crippen molar-refractivity contribution >= 4 is 12.0 Å². The molecule has 0 radical (unpaired) electrons. The highest BCUT2D eigenvalue weighted by molar-refractivity contribution is 5.82. The van der Waals surface area contributed by atoms with Gasteiger partial charge in [-0.1, -0.05) is 0 Å². The number of carboxylic acid groups (broad SMARTS) is 1. The third kappa shape index (κ3) is 4.75. The Bertz CT molecular complexity index is 468. The summed E-state index contributed by atoms with van der Waals surface area (Å²) in [5.41, 5.74) is 0.669. The Morgan fingerprint density at radius 2 is 2.24 bits per heavy atom. The van der Waals surface area contributed by atoms with E-state index in [1.54, 1.807) is 6.20 Å². The van der Waals surface area contributed by atoms with Crippen molar-refractivity contribution in [3.63, 3.8) is 0 Å². The van der Waals surface area contributed by atoms with Gasteiger partial charge in [0.25, 0.3) is 0 Å². The van der Waals surface area contributed by atoms with E-state index in [0.29, 0.717) is 5.69 Å². The summed E-state index contributed by atoms with van der Waals surface area (Å²) in [5.74, 6) is -1.07. The van der Waals surface area contributed by atoms with Crippen LogP contribution in [0, 0.1) is 0 Å². The largest absolute Gasteiger partial charge is 0.480 e. The number of carbonyl (C=O) groups excluding carboxylic acids is 1. The van der Waals surface area contributed by atoms with Gasteiger partial charge in [0, 0.05) is 24.4 Å². The summed E-state index contributed by atoms with van der Waals surface area (Å²) in [6, 6.07) is -1.31. The molecule has 1 saturated heterocycles. The van der Waals surface area contributed by atoms with Crippen molar-refractivity contribution in [1.29, 1.82) is 0 Å². The number of rotatable bonds is 5. The molecule has 21 heavy (non-hydrogen) atoms. The molecule has 1 aliphatic rings. The number of amides is 2. The fourth-order valence-corrected chi connectivity index (χ4v) is 2.35. The lowest BCUT2D eigenvalue weighted by Crippen LogP contribution is -2.52. The van der Waals surface area contributed by atoms with Gasteiger partial charge in [0.05, 0.1) is 6.33 Å². The van der Waals surface area contributed by atoms with Gasteiger partial charge in [0.15, 0.2) is 0 Å². The Morgan fingerprint density at radius 1 is 1.52 bits per heavy atom. The number of aliphatic carboxylic acids is 1. The molecule has 0 aliphatic carbocycles. The van der Waals surface area contributed by atoms with E-state index in [1.807, 2.05) is 7.05 Å². The quantitative estimate of drug-likeness (QED) is 0.601. The molecule has 8 nitrogen and oxygen atoms in total. The average molecular weight is 295 g/mol. The summed E-state index contributed by atoms with van der Waals surface area (Å²) in [7, 11) is 2.04. The molecule has 0 saturated carbocycles. The fraction of sp³-hybridized carbons (Fsp3) is 0.615. The number of nitrogens with zero attached hydrogens (tertiary/aromatic N) is 2. The molecule has 4 N–H and O–H groups in total. The van der Waals surface area contributed by atoms with Crippen LogP contribution in [0.1, 0.15) is 18.5 Å². The lowest BCUT2D eigenvalue weighted by Gasteiger charge is -2.29. The smallest absolute Gasteiger partial charge is 0.326 e. The molecular formula is C13H21N5O3. The number of H-pyrrole nitrogens is 1. The van der Waals surface area contributed by atoms with E-state index >= 15 is 0 Å². The zero-order chi connectivity index (χ0) is 15.2. The van der Waals surface area contributed by atoms with Crippen molar-refractivity contribution < 1.29 is 14.7 Å². The molecule has 1 aliphatic heterocycles. The normalized spacial score (nSPS) is 18.1. The number of nitrogens with one attached hydrogen (secondary N) is 3. The standard InChI is InChI=1S/C13H21N5O3/c1-18-4-2-9(3-5-18)16-13(21)17-11(12(19)20)6-10-7-14-8-15-10/h7-9,11H,2-6H2,1H3,(H,14,15)(H,19,20)(H2,16,17,21). The van der Waals surface area contributed by atoms with Crippen molar-refractivity contribution in [1.82, 2.24) is 25.5 Å². The van der Waals surface area contributed by atoms with Crippen molar-refractivity contribution in [2.45, 2.75) is 31.3 Å². The number of aromatic amines is 1. The lowest BCUT2D eigenvalue weighted by molar-refractivity contribution is -0.139. The van der Waals surface area contributed by atoms with Gasteiger partial charge < -0.3 is 25.6 Å². The van der Waals surface area contributed by atoms with Gasteiger partial charge >= 0.3 is 12.0 Å². The number of likely N-dealkylation sites (tertiary alicyclic amines) is 1. The van der Waals surface area contributed by atoms with E-state index in [1.165, 1.54) is 6.33 Å². The highest BCUT2D eigenvalue weighted by Crippen LogP contribution is 2.08. The molecule has 1 aromatic heterocycles. The van der Waals surface area contributed by atoms with Crippen LogP contribution >= 0.6 is 0 Å². The molecule has 2 heterocycles. The van der Waals surface area contributed by atoms with Crippen molar-refractivity contribution in [2.24, 2.45) is 0 Å². The van der Waals surface area contributed by atoms with Gasteiger partial charge in [-0.15, -0.1) is 0 Å². The van der Waals surface area contributed by atoms with Crippen LogP contribution in [-0.2, 0) is 11.2 Å². The first kappa shape index (κ1) is 15.3. The second-order valence-corrected chi connectivity index (χ2v) is 5.37. The van der Waals surface area contributed by atoms with Crippen molar-refractivity contribution in [2.75, 3.05) is 20.1 Å². The molecule has 1 unspecified atom stereocenters. The highest BCUT2D eigenvalue weighted by Gasteiger charge is 2.23. The number of aromatic nitrogens is 2. The summed E-state index contributed by atoms with van der Waals surface area (Å²) < 4.78 is 0. The number of hydrogen-bond donors (Lipinski definition) is 4. The monoisotopic (exact) mass is 295 g/mol. The van der Waals surface area contributed by atoms with Crippen LogP contribution in [0.15, 0.2) is 12.5 Å². The summed E-state index contributed by atoms with van der Waals surface area (Å²) in [5, 5.41) is 14.5. The van der Waals surface area contributed by atoms with Gasteiger partial charge in [-0.05, 0) is 33.0 Å². The maximum Gasteiger partial charge on any atom is 0.326 e. The van der Waals surface area contributed by atoms with Crippen molar-refractivity contribution in [3.05, 3.63) is 18.2 Å². The molecule has 116 valence electrons. The SMILES string of the molecule is CN1CCC(NC(=O)NC(Cc2cnc[nH]2)C(=O)O)CC1. The first-order chi connectivity index (χ1) is 10.0. The maximum atomic E-state index is 11.9. The maximum absolute atomic E-state index is 11.9. The first-order valence-electron chi connectivity index (χ1n) is 7.00. The van der Waals surface area contributed by atoms with Crippen LogP contribution in [0.3, 0.4) is 0 Å². The van der Waals surface area contributed by atoms with Gasteiger partial charge in [0.2, 0.25) is 0 Å². The third-order valence-electron chi connectivity index (χ3n) is 3.64. The molecule has 0 spiro atoms. The Morgan fingerprint density at radius 3 is 2.81 bits per heavy atom. The van der Waals surface area contributed by atoms with E-state index in [0.717, 1.165) is 25.9 Å². The number of piperidine rings is 1. The number of carbonyl (C=O) groups is 2. The molecule has 2 rings (SSSR count). The van der Waals surface area contributed by atoms with Crippen LogP contribution in [0.5, 0.6) is 0 Å². The number of carboxylic acids is 1. The summed E-state index contributed by atoms with van der Waals surface area (Å²) in [4.78, 5) is 32.0. The van der Waals surface area contributed by atoms with Crippen LogP contribution in [-0.4, -0.2) is 64.2 Å². The highest BCUT2D eigenvalue weighted by atomic mass is 16.4.